The Hall–Kier alpha value is -3.52. The maximum Gasteiger partial charge on any atom is 0.0917 e. The molecule has 4 heterocycles. The second-order valence-corrected chi connectivity index (χ2v) is 25.2. The number of rotatable bonds is 10. The van der Waals surface area contributed by atoms with Crippen LogP contribution in [0.5, 0.6) is 0 Å². The first-order valence-corrected chi connectivity index (χ1v) is 31.2. The lowest BCUT2D eigenvalue weighted by atomic mass is 9.98. The molecule has 0 amide bonds. The smallest absolute Gasteiger partial charge is 0.0917 e. The van der Waals surface area contributed by atoms with Gasteiger partial charge in [-0.1, -0.05) is 161 Å². The molecule has 0 spiro atoms. The molecule has 0 bridgehead atoms. The fourth-order valence-electron chi connectivity index (χ4n) is 11.4. The Balaban J connectivity index is 1.16. The molecule has 9 rings (SSSR count). The van der Waals surface area contributed by atoms with Gasteiger partial charge in [-0.2, -0.15) is 0 Å². The van der Waals surface area contributed by atoms with Crippen molar-refractivity contribution in [3.05, 3.63) is 168 Å². The van der Waals surface area contributed by atoms with Crippen LogP contribution in [-0.2, 0) is 82.5 Å². The minimum atomic E-state index is -1.01. The Morgan fingerprint density at radius 1 is 0.247 bits per heavy atom. The normalized spacial score (nSPS) is 28.8. The summed E-state index contributed by atoms with van der Waals surface area (Å²) in [5.74, 6) is 0. The van der Waals surface area contributed by atoms with Gasteiger partial charge in [0.15, 0.2) is 0 Å². The van der Waals surface area contributed by atoms with Crippen molar-refractivity contribution in [2.24, 2.45) is 0 Å². The van der Waals surface area contributed by atoms with E-state index in [2.05, 4.69) is 146 Å². The van der Waals surface area contributed by atoms with Gasteiger partial charge >= 0.3 is 0 Å². The highest BCUT2D eigenvalue weighted by molar-refractivity contribution is 7.73. The van der Waals surface area contributed by atoms with E-state index in [0.29, 0.717) is 132 Å². The second-order valence-electron chi connectivity index (χ2n) is 19.9. The molecule has 0 aromatic heterocycles. The third-order valence-electron chi connectivity index (χ3n) is 14.8. The van der Waals surface area contributed by atoms with E-state index in [4.69, 9.17) is 56.8 Å². The standard InChI is InChI=1S/C63H82O12P2/c1-5-16-50(17-6-1)46-56-60-61(73-43-39-69-31-29-65-27-15-26-64-28-30-68-38-42-72-60)57(47-51-18-7-2-8-19-51)76(56)54-24-13-14-25-55(54)77-58(48-52-20-9-3-10-21-52)62-63(59(77)49-53-22-11-4-12-23-53)75-45-41-71-37-35-67-33-32-66-34-36-70-40-44-74-62/h1-14,16-25,56-63H,15,26-49H2. The van der Waals surface area contributed by atoms with Gasteiger partial charge in [-0.05, 0) is 65.0 Å². The van der Waals surface area contributed by atoms with Crippen LogP contribution < -0.4 is 10.6 Å². The van der Waals surface area contributed by atoms with Crippen molar-refractivity contribution < 1.29 is 56.8 Å². The molecular formula is C63H82O12P2. The highest BCUT2D eigenvalue weighted by Crippen LogP contribution is 2.63. The molecular weight excluding hydrogens is 1010 g/mol. The van der Waals surface area contributed by atoms with Gasteiger partial charge in [0.05, 0.1) is 143 Å². The van der Waals surface area contributed by atoms with E-state index in [9.17, 15) is 0 Å². The number of fused-ring (bicyclic) bond motifs is 2. The Bertz CT molecular complexity index is 2200. The Kier molecular flexibility index (Phi) is 25.1. The molecule has 0 radical (unpaired) electrons. The summed E-state index contributed by atoms with van der Waals surface area (Å²) in [6.45, 7) is 9.92. The molecule has 0 saturated carbocycles. The van der Waals surface area contributed by atoms with E-state index in [-0.39, 0.29) is 47.1 Å². The molecule has 12 nitrogen and oxygen atoms in total. The van der Waals surface area contributed by atoms with Gasteiger partial charge in [0.2, 0.25) is 0 Å². The lowest BCUT2D eigenvalue weighted by molar-refractivity contribution is -0.0933. The zero-order chi connectivity index (χ0) is 52.4. The summed E-state index contributed by atoms with van der Waals surface area (Å²) in [4.78, 5) is 0. The zero-order valence-electron chi connectivity index (χ0n) is 44.9. The number of benzene rings is 5. The topological polar surface area (TPSA) is 111 Å². The third kappa shape index (κ3) is 17.7. The minimum Gasteiger partial charge on any atom is -0.379 e. The molecule has 5 aromatic rings. The molecule has 0 aliphatic carbocycles. The fourth-order valence-corrected chi connectivity index (χ4v) is 19.6. The van der Waals surface area contributed by atoms with Crippen molar-refractivity contribution in [1.82, 2.24) is 0 Å². The van der Waals surface area contributed by atoms with E-state index in [1.807, 2.05) is 0 Å². The zero-order valence-corrected chi connectivity index (χ0v) is 46.7. The first kappa shape index (κ1) is 58.1. The van der Waals surface area contributed by atoms with Crippen LogP contribution in [0.25, 0.3) is 0 Å². The maximum atomic E-state index is 7.29. The van der Waals surface area contributed by atoms with Crippen molar-refractivity contribution in [1.29, 1.82) is 0 Å². The van der Waals surface area contributed by atoms with Gasteiger partial charge < -0.3 is 56.8 Å². The molecule has 4 fully saturated rings. The van der Waals surface area contributed by atoms with Crippen LogP contribution in [0, 0.1) is 0 Å². The van der Waals surface area contributed by atoms with Gasteiger partial charge in [0, 0.05) is 35.8 Å². The van der Waals surface area contributed by atoms with Crippen molar-refractivity contribution >= 4 is 26.5 Å². The van der Waals surface area contributed by atoms with E-state index in [0.717, 1.165) is 32.1 Å². The molecule has 0 N–H and O–H groups in total. The molecule has 4 saturated heterocycles. The lowest BCUT2D eigenvalue weighted by Gasteiger charge is -2.35. The molecule has 8 unspecified atom stereocenters. The summed E-state index contributed by atoms with van der Waals surface area (Å²) in [5, 5.41) is 2.86. The van der Waals surface area contributed by atoms with Crippen LogP contribution in [0.4, 0.5) is 0 Å². The number of ether oxygens (including phenoxy) is 12. The van der Waals surface area contributed by atoms with E-state index in [1.165, 1.54) is 32.9 Å². The molecule has 8 atom stereocenters. The lowest BCUT2D eigenvalue weighted by Crippen LogP contribution is -2.40. The van der Waals surface area contributed by atoms with E-state index < -0.39 is 15.8 Å². The maximum absolute atomic E-state index is 7.29. The third-order valence-corrected chi connectivity index (χ3v) is 21.6. The average molecular weight is 1090 g/mol. The molecule has 77 heavy (non-hydrogen) atoms. The number of hydrogen-bond acceptors (Lipinski definition) is 12. The van der Waals surface area contributed by atoms with Crippen LogP contribution in [0.2, 0.25) is 0 Å². The SMILES string of the molecule is c1ccc(CC2C3OCCOCCOCCCOCCOCCOC3C(Cc3ccccc3)P2c2ccccc2P2C(Cc3ccccc3)C3OCCOCCOCCOCCOCCOC3C2Cc2ccccc2)cc1. The Morgan fingerprint density at radius 3 is 0.701 bits per heavy atom. The van der Waals surface area contributed by atoms with Gasteiger partial charge in [-0.15, -0.1) is 0 Å². The summed E-state index contributed by atoms with van der Waals surface area (Å²) in [6, 6.07) is 53.5. The molecule has 14 heteroatoms. The second kappa shape index (κ2) is 33.3. The van der Waals surface area contributed by atoms with Gasteiger partial charge in [-0.3, -0.25) is 0 Å². The summed E-state index contributed by atoms with van der Waals surface area (Å²) >= 11 is 0. The summed E-state index contributed by atoms with van der Waals surface area (Å²) in [7, 11) is -2.01. The van der Waals surface area contributed by atoms with Crippen molar-refractivity contribution in [2.75, 3.05) is 132 Å². The Labute approximate surface area is 460 Å². The van der Waals surface area contributed by atoms with E-state index in [1.54, 1.807) is 0 Å². The van der Waals surface area contributed by atoms with Crippen molar-refractivity contribution in [3.8, 4) is 0 Å². The largest absolute Gasteiger partial charge is 0.379 e. The van der Waals surface area contributed by atoms with Crippen molar-refractivity contribution in [3.63, 3.8) is 0 Å². The summed E-state index contributed by atoms with van der Waals surface area (Å²) in [5.41, 5.74) is 5.59. The molecule has 5 aromatic carbocycles. The van der Waals surface area contributed by atoms with Crippen LogP contribution in [-0.4, -0.2) is 179 Å². The highest BCUT2D eigenvalue weighted by Gasteiger charge is 2.56. The summed E-state index contributed by atoms with van der Waals surface area (Å²) in [6.07, 6.45) is 3.29. The quantitative estimate of drug-likeness (QED) is 0.125. The van der Waals surface area contributed by atoms with Crippen LogP contribution in [0.15, 0.2) is 146 Å². The van der Waals surface area contributed by atoms with Crippen LogP contribution in [0.3, 0.4) is 0 Å². The first-order valence-electron chi connectivity index (χ1n) is 28.2. The van der Waals surface area contributed by atoms with E-state index >= 15 is 0 Å². The summed E-state index contributed by atoms with van der Waals surface area (Å²) < 4.78 is 77.2. The molecule has 4 aliphatic heterocycles. The fraction of sp³-hybridized carbons (Fsp3) is 0.524. The molecule has 416 valence electrons. The van der Waals surface area contributed by atoms with Crippen LogP contribution in [0.1, 0.15) is 28.7 Å². The average Bonchev–Trinajstić information content (AvgIpc) is 4.01. The predicted octanol–water partition coefficient (Wildman–Crippen LogP) is 8.46. The van der Waals surface area contributed by atoms with Crippen molar-refractivity contribution in [2.45, 2.75) is 79.2 Å². The first-order chi connectivity index (χ1) is 38.3. The highest BCUT2D eigenvalue weighted by atomic mass is 31.1. The molecule has 4 aliphatic rings. The minimum absolute atomic E-state index is 0.106. The van der Waals surface area contributed by atoms with Gasteiger partial charge in [-0.25, -0.2) is 0 Å². The Morgan fingerprint density at radius 2 is 0.455 bits per heavy atom. The van der Waals surface area contributed by atoms with Gasteiger partial charge in [0.25, 0.3) is 0 Å². The monoisotopic (exact) mass is 1090 g/mol. The number of hydrogen-bond donors (Lipinski definition) is 0. The van der Waals surface area contributed by atoms with Gasteiger partial charge in [0.1, 0.15) is 0 Å². The predicted molar refractivity (Wildman–Crippen MR) is 305 cm³/mol. The van der Waals surface area contributed by atoms with Crippen LogP contribution >= 0.6 is 15.8 Å².